The lowest BCUT2D eigenvalue weighted by Crippen LogP contribution is -2.24. The Hall–Kier alpha value is -2.53. The monoisotopic (exact) mass is 325 g/mol. The summed E-state index contributed by atoms with van der Waals surface area (Å²) in [5.74, 6) is 0.301. The van der Waals surface area contributed by atoms with Crippen LogP contribution in [-0.2, 0) is 11.3 Å². The Morgan fingerprint density at radius 1 is 1.12 bits per heavy atom. The van der Waals surface area contributed by atoms with Crippen molar-refractivity contribution in [1.82, 2.24) is 4.57 Å². The quantitative estimate of drug-likeness (QED) is 0.736. The summed E-state index contributed by atoms with van der Waals surface area (Å²) in [4.78, 5) is 12.2. The number of hydrogen-bond donors (Lipinski definition) is 0. The van der Waals surface area contributed by atoms with Gasteiger partial charge in [0.2, 0.25) is 0 Å². The number of fused-ring (bicyclic) bond motifs is 1. The predicted molar refractivity (Wildman–Crippen MR) is 90.2 cm³/mol. The molecule has 1 aromatic heterocycles. The third kappa shape index (κ3) is 3.08. The summed E-state index contributed by atoms with van der Waals surface area (Å²) in [7, 11) is 0. The van der Waals surface area contributed by atoms with Crippen molar-refractivity contribution >= 4 is 11.1 Å². The molecule has 5 nitrogen and oxygen atoms in total. The van der Waals surface area contributed by atoms with Gasteiger partial charge in [0.05, 0.1) is 18.7 Å². The van der Waals surface area contributed by atoms with E-state index in [1.807, 2.05) is 42.5 Å². The van der Waals surface area contributed by atoms with Crippen LogP contribution in [0.2, 0.25) is 0 Å². The second-order valence-corrected chi connectivity index (χ2v) is 5.98. The summed E-state index contributed by atoms with van der Waals surface area (Å²) >= 11 is 0. The first kappa shape index (κ1) is 15.0. The van der Waals surface area contributed by atoms with E-state index in [1.54, 1.807) is 10.6 Å². The summed E-state index contributed by atoms with van der Waals surface area (Å²) in [5, 5.41) is 0. The van der Waals surface area contributed by atoms with E-state index in [9.17, 15) is 4.79 Å². The van der Waals surface area contributed by atoms with Crippen molar-refractivity contribution in [1.29, 1.82) is 0 Å². The maximum atomic E-state index is 12.2. The predicted octanol–water partition coefficient (Wildman–Crippen LogP) is 3.55. The Bertz CT molecular complexity index is 875. The second kappa shape index (κ2) is 6.53. The fourth-order valence-corrected chi connectivity index (χ4v) is 2.99. The van der Waals surface area contributed by atoms with Gasteiger partial charge in [-0.2, -0.15) is 0 Å². The number of aromatic nitrogens is 1. The van der Waals surface area contributed by atoms with Gasteiger partial charge < -0.3 is 13.9 Å². The van der Waals surface area contributed by atoms with Crippen LogP contribution < -0.4 is 10.5 Å². The van der Waals surface area contributed by atoms with E-state index in [1.165, 1.54) is 0 Å². The van der Waals surface area contributed by atoms with E-state index < -0.39 is 0 Å². The van der Waals surface area contributed by atoms with Crippen LogP contribution in [-0.4, -0.2) is 17.5 Å². The summed E-state index contributed by atoms with van der Waals surface area (Å²) in [6.07, 6.45) is 2.86. The van der Waals surface area contributed by atoms with Crippen molar-refractivity contribution in [2.75, 3.05) is 6.61 Å². The van der Waals surface area contributed by atoms with Crippen LogP contribution in [0.1, 0.15) is 24.8 Å². The molecule has 1 unspecified atom stereocenters. The molecule has 5 heteroatoms. The lowest BCUT2D eigenvalue weighted by molar-refractivity contribution is -0.105. The van der Waals surface area contributed by atoms with E-state index in [2.05, 4.69) is 0 Å². The SMILES string of the molecule is O=c1oc2cc(OC3CCCCO3)ccc2n1Cc1ccccc1. The highest BCUT2D eigenvalue weighted by atomic mass is 16.7. The zero-order valence-corrected chi connectivity index (χ0v) is 13.3. The van der Waals surface area contributed by atoms with E-state index in [4.69, 9.17) is 13.9 Å². The van der Waals surface area contributed by atoms with Crippen LogP contribution in [0, 0.1) is 0 Å². The molecule has 0 saturated carbocycles. The van der Waals surface area contributed by atoms with Crippen LogP contribution in [0.15, 0.2) is 57.7 Å². The molecular formula is C19H19NO4. The summed E-state index contributed by atoms with van der Waals surface area (Å²) in [5.41, 5.74) is 2.35. The van der Waals surface area contributed by atoms with Gasteiger partial charge >= 0.3 is 5.76 Å². The first-order chi connectivity index (χ1) is 11.8. The Labute approximate surface area is 139 Å². The van der Waals surface area contributed by atoms with Gasteiger partial charge in [-0.3, -0.25) is 4.57 Å². The van der Waals surface area contributed by atoms with Crippen molar-refractivity contribution in [3.8, 4) is 5.75 Å². The highest BCUT2D eigenvalue weighted by Crippen LogP contribution is 2.24. The van der Waals surface area contributed by atoms with Crippen LogP contribution in [0.4, 0.5) is 0 Å². The highest BCUT2D eigenvalue weighted by Gasteiger charge is 2.16. The van der Waals surface area contributed by atoms with Gasteiger partial charge in [-0.25, -0.2) is 4.79 Å². The largest absolute Gasteiger partial charge is 0.465 e. The van der Waals surface area contributed by atoms with Crippen molar-refractivity contribution in [2.45, 2.75) is 32.1 Å². The highest BCUT2D eigenvalue weighted by molar-refractivity contribution is 5.74. The van der Waals surface area contributed by atoms with Crippen molar-refractivity contribution < 1.29 is 13.9 Å². The van der Waals surface area contributed by atoms with Crippen LogP contribution in [0.5, 0.6) is 5.75 Å². The maximum absolute atomic E-state index is 12.2. The molecule has 1 saturated heterocycles. The van der Waals surface area contributed by atoms with Gasteiger partial charge in [0.25, 0.3) is 0 Å². The maximum Gasteiger partial charge on any atom is 0.420 e. The first-order valence-electron chi connectivity index (χ1n) is 8.25. The van der Waals surface area contributed by atoms with Crippen molar-refractivity contribution in [3.05, 3.63) is 64.6 Å². The lowest BCUT2D eigenvalue weighted by Gasteiger charge is -2.23. The Morgan fingerprint density at radius 2 is 2.00 bits per heavy atom. The molecular weight excluding hydrogens is 306 g/mol. The fourth-order valence-electron chi connectivity index (χ4n) is 2.99. The van der Waals surface area contributed by atoms with Gasteiger partial charge in [-0.05, 0) is 30.5 Å². The molecule has 124 valence electrons. The molecule has 0 radical (unpaired) electrons. The molecule has 0 amide bonds. The van der Waals surface area contributed by atoms with Gasteiger partial charge in [0, 0.05) is 12.5 Å². The molecule has 1 aliphatic heterocycles. The minimum Gasteiger partial charge on any atom is -0.465 e. The number of oxazole rings is 1. The molecule has 0 aliphatic carbocycles. The molecule has 24 heavy (non-hydrogen) atoms. The van der Waals surface area contributed by atoms with E-state index >= 15 is 0 Å². The average Bonchev–Trinajstić information content (AvgIpc) is 2.92. The standard InChI is InChI=1S/C19H19NO4/c21-19-20(13-14-6-2-1-3-7-14)16-10-9-15(12-17(16)24-19)23-18-8-4-5-11-22-18/h1-3,6-7,9-10,12,18H,4-5,8,11,13H2. The molecule has 1 aliphatic rings. The Balaban J connectivity index is 1.60. The molecule has 0 N–H and O–H groups in total. The van der Waals surface area contributed by atoms with Crippen LogP contribution >= 0.6 is 0 Å². The van der Waals surface area contributed by atoms with Gasteiger partial charge in [0.1, 0.15) is 5.75 Å². The van der Waals surface area contributed by atoms with Crippen LogP contribution in [0.3, 0.4) is 0 Å². The number of nitrogens with zero attached hydrogens (tertiary/aromatic N) is 1. The number of hydrogen-bond acceptors (Lipinski definition) is 4. The molecule has 1 fully saturated rings. The minimum atomic E-state index is -0.361. The molecule has 1 atom stereocenters. The number of benzene rings is 2. The molecule has 3 aromatic rings. The number of rotatable bonds is 4. The Morgan fingerprint density at radius 3 is 2.79 bits per heavy atom. The van der Waals surface area contributed by atoms with Gasteiger partial charge in [0.15, 0.2) is 11.9 Å². The first-order valence-corrected chi connectivity index (χ1v) is 8.25. The third-order valence-corrected chi connectivity index (χ3v) is 4.23. The summed E-state index contributed by atoms with van der Waals surface area (Å²) < 4.78 is 18.4. The van der Waals surface area contributed by atoms with Crippen molar-refractivity contribution in [3.63, 3.8) is 0 Å². The number of ether oxygens (including phenoxy) is 2. The van der Waals surface area contributed by atoms with Crippen molar-refractivity contribution in [2.24, 2.45) is 0 Å². The molecule has 0 bridgehead atoms. The molecule has 2 aromatic carbocycles. The van der Waals surface area contributed by atoms with Crippen LogP contribution in [0.25, 0.3) is 11.1 Å². The molecule has 0 spiro atoms. The zero-order valence-electron chi connectivity index (χ0n) is 13.3. The van der Waals surface area contributed by atoms with E-state index in [0.717, 1.165) is 36.9 Å². The fraction of sp³-hybridized carbons (Fsp3) is 0.316. The average molecular weight is 325 g/mol. The zero-order chi connectivity index (χ0) is 16.4. The van der Waals surface area contributed by atoms with Gasteiger partial charge in [-0.1, -0.05) is 30.3 Å². The topological polar surface area (TPSA) is 53.6 Å². The molecule has 2 heterocycles. The van der Waals surface area contributed by atoms with E-state index in [-0.39, 0.29) is 12.0 Å². The second-order valence-electron chi connectivity index (χ2n) is 5.98. The summed E-state index contributed by atoms with van der Waals surface area (Å²) in [6, 6.07) is 15.3. The minimum absolute atomic E-state index is 0.214. The third-order valence-electron chi connectivity index (χ3n) is 4.23. The van der Waals surface area contributed by atoms with E-state index in [0.29, 0.717) is 17.9 Å². The summed E-state index contributed by atoms with van der Waals surface area (Å²) in [6.45, 7) is 1.22. The Kier molecular flexibility index (Phi) is 4.09. The normalized spacial score (nSPS) is 17.9. The lowest BCUT2D eigenvalue weighted by atomic mass is 10.2. The smallest absolute Gasteiger partial charge is 0.420 e. The van der Waals surface area contributed by atoms with Gasteiger partial charge in [-0.15, -0.1) is 0 Å². The molecule has 4 rings (SSSR count).